The van der Waals surface area contributed by atoms with Crippen LogP contribution in [-0.2, 0) is 19.5 Å². The number of rotatable bonds is 5. The van der Waals surface area contributed by atoms with Gasteiger partial charge in [-0.25, -0.2) is 18.0 Å². The van der Waals surface area contributed by atoms with E-state index in [0.717, 1.165) is 10.8 Å². The highest BCUT2D eigenvalue weighted by Gasteiger charge is 2.33. The fraction of sp³-hybridized carbons (Fsp3) is 0.455. The Morgan fingerprint density at radius 2 is 1.48 bits per heavy atom. The van der Waals surface area contributed by atoms with Crippen LogP contribution < -0.4 is 5.32 Å². The standard InChI is InChI=1S/C22H30N2O6S/c1-21(2,3)29-19(25)23-13-14-24(20(26)30-22(4,5)6)31(27,28)18-12-11-16-9-7-8-10-17(16)15-18/h7-12,15H,13-14H2,1-6H3,(H,23,25). The van der Waals surface area contributed by atoms with Crippen molar-refractivity contribution in [2.24, 2.45) is 0 Å². The average molecular weight is 451 g/mol. The quantitative estimate of drug-likeness (QED) is 0.729. The van der Waals surface area contributed by atoms with Crippen molar-refractivity contribution in [1.29, 1.82) is 0 Å². The second-order valence-electron chi connectivity index (χ2n) is 9.00. The second-order valence-corrected chi connectivity index (χ2v) is 10.9. The molecule has 2 amide bonds. The molecule has 0 saturated heterocycles. The second kappa shape index (κ2) is 9.13. The number of ether oxygens (including phenoxy) is 2. The number of nitrogens with zero attached hydrogens (tertiary/aromatic N) is 1. The van der Waals surface area contributed by atoms with E-state index in [-0.39, 0.29) is 18.0 Å². The number of hydrogen-bond acceptors (Lipinski definition) is 6. The zero-order valence-electron chi connectivity index (χ0n) is 18.8. The third-order valence-corrected chi connectivity index (χ3v) is 5.65. The molecule has 0 fully saturated rings. The Labute approximate surface area is 183 Å². The van der Waals surface area contributed by atoms with Gasteiger partial charge in [0.05, 0.1) is 11.4 Å². The van der Waals surface area contributed by atoms with E-state index in [1.165, 1.54) is 12.1 Å². The number of amides is 2. The summed E-state index contributed by atoms with van der Waals surface area (Å²) < 4.78 is 37.6. The van der Waals surface area contributed by atoms with Crippen LogP contribution in [0.2, 0.25) is 0 Å². The third kappa shape index (κ3) is 7.13. The maximum atomic E-state index is 13.3. The summed E-state index contributed by atoms with van der Waals surface area (Å²) in [7, 11) is -4.23. The Morgan fingerprint density at radius 3 is 2.06 bits per heavy atom. The highest BCUT2D eigenvalue weighted by atomic mass is 32.2. The molecule has 2 aromatic carbocycles. The lowest BCUT2D eigenvalue weighted by Crippen LogP contribution is -2.45. The number of carbonyl (C=O) groups excluding carboxylic acids is 2. The van der Waals surface area contributed by atoms with E-state index in [1.807, 2.05) is 12.1 Å². The van der Waals surface area contributed by atoms with Crippen LogP contribution in [0.4, 0.5) is 9.59 Å². The van der Waals surface area contributed by atoms with Gasteiger partial charge < -0.3 is 14.8 Å². The minimum absolute atomic E-state index is 0.0469. The lowest BCUT2D eigenvalue weighted by Gasteiger charge is -2.27. The number of carbonyl (C=O) groups is 2. The summed E-state index contributed by atoms with van der Waals surface area (Å²) in [5.74, 6) is 0. The van der Waals surface area contributed by atoms with Crippen LogP contribution in [0.1, 0.15) is 41.5 Å². The Balaban J connectivity index is 2.29. The molecule has 0 unspecified atom stereocenters. The molecule has 0 heterocycles. The topological polar surface area (TPSA) is 102 Å². The maximum Gasteiger partial charge on any atom is 0.424 e. The van der Waals surface area contributed by atoms with E-state index >= 15 is 0 Å². The van der Waals surface area contributed by atoms with Crippen molar-refractivity contribution >= 4 is 33.0 Å². The summed E-state index contributed by atoms with van der Waals surface area (Å²) in [4.78, 5) is 24.6. The molecule has 0 aliphatic heterocycles. The third-order valence-electron chi connectivity index (χ3n) is 3.89. The van der Waals surface area contributed by atoms with Crippen molar-refractivity contribution in [3.05, 3.63) is 42.5 Å². The van der Waals surface area contributed by atoms with Crippen molar-refractivity contribution < 1.29 is 27.5 Å². The minimum atomic E-state index is -4.23. The maximum absolute atomic E-state index is 13.3. The van der Waals surface area contributed by atoms with Gasteiger partial charge in [0.2, 0.25) is 0 Å². The first-order valence-electron chi connectivity index (χ1n) is 9.90. The van der Waals surface area contributed by atoms with Crippen LogP contribution in [0.25, 0.3) is 10.8 Å². The normalized spacial score (nSPS) is 12.3. The van der Waals surface area contributed by atoms with Gasteiger partial charge in [0.1, 0.15) is 11.2 Å². The molecule has 170 valence electrons. The first-order valence-corrected chi connectivity index (χ1v) is 11.3. The molecule has 0 radical (unpaired) electrons. The number of fused-ring (bicyclic) bond motifs is 1. The molecule has 8 nitrogen and oxygen atoms in total. The summed E-state index contributed by atoms with van der Waals surface area (Å²) in [5.41, 5.74) is -1.60. The highest BCUT2D eigenvalue weighted by Crippen LogP contribution is 2.23. The van der Waals surface area contributed by atoms with Crippen molar-refractivity contribution in [2.45, 2.75) is 57.6 Å². The van der Waals surface area contributed by atoms with E-state index in [9.17, 15) is 18.0 Å². The van der Waals surface area contributed by atoms with Gasteiger partial charge in [-0.1, -0.05) is 30.3 Å². The van der Waals surface area contributed by atoms with E-state index in [0.29, 0.717) is 4.31 Å². The molecule has 0 aliphatic rings. The van der Waals surface area contributed by atoms with Crippen LogP contribution in [0.5, 0.6) is 0 Å². The predicted molar refractivity (Wildman–Crippen MR) is 118 cm³/mol. The molecule has 1 N–H and O–H groups in total. The molecule has 31 heavy (non-hydrogen) atoms. The monoisotopic (exact) mass is 450 g/mol. The summed E-state index contributed by atoms with van der Waals surface area (Å²) in [5, 5.41) is 4.06. The van der Waals surface area contributed by atoms with E-state index in [2.05, 4.69) is 5.32 Å². The smallest absolute Gasteiger partial charge is 0.424 e. The Kier molecular flexibility index (Phi) is 7.21. The van der Waals surface area contributed by atoms with Gasteiger partial charge in [-0.05, 0) is 64.4 Å². The molecular formula is C22H30N2O6S. The number of benzene rings is 2. The summed E-state index contributed by atoms with van der Waals surface area (Å²) in [6.07, 6.45) is -1.73. The lowest BCUT2D eigenvalue weighted by atomic mass is 10.1. The summed E-state index contributed by atoms with van der Waals surface area (Å²) >= 11 is 0. The molecular weight excluding hydrogens is 420 g/mol. The number of sulfonamides is 1. The average Bonchev–Trinajstić information content (AvgIpc) is 2.61. The van der Waals surface area contributed by atoms with Gasteiger partial charge in [-0.15, -0.1) is 0 Å². The number of alkyl carbamates (subject to hydrolysis) is 1. The van der Waals surface area contributed by atoms with Gasteiger partial charge in [0.15, 0.2) is 0 Å². The zero-order chi connectivity index (χ0) is 23.4. The van der Waals surface area contributed by atoms with Gasteiger partial charge in [-0.3, -0.25) is 0 Å². The van der Waals surface area contributed by atoms with Crippen molar-refractivity contribution in [2.75, 3.05) is 13.1 Å². The van der Waals surface area contributed by atoms with Crippen LogP contribution in [0.15, 0.2) is 47.4 Å². The van der Waals surface area contributed by atoms with E-state index in [1.54, 1.807) is 59.7 Å². The molecule has 0 spiro atoms. The van der Waals surface area contributed by atoms with Crippen LogP contribution in [0, 0.1) is 0 Å². The number of hydrogen-bond donors (Lipinski definition) is 1. The molecule has 0 saturated carbocycles. The predicted octanol–water partition coefficient (Wildman–Crippen LogP) is 4.29. The molecule has 0 aromatic heterocycles. The fourth-order valence-corrected chi connectivity index (χ4v) is 3.99. The highest BCUT2D eigenvalue weighted by molar-refractivity contribution is 7.89. The Bertz CT molecular complexity index is 1050. The number of nitrogens with one attached hydrogen (secondary N) is 1. The Morgan fingerprint density at radius 1 is 0.903 bits per heavy atom. The fourth-order valence-electron chi connectivity index (χ4n) is 2.65. The lowest BCUT2D eigenvalue weighted by molar-refractivity contribution is 0.0375. The molecule has 0 aliphatic carbocycles. The van der Waals surface area contributed by atoms with Gasteiger partial charge >= 0.3 is 12.2 Å². The van der Waals surface area contributed by atoms with Crippen LogP contribution in [0.3, 0.4) is 0 Å². The zero-order valence-corrected chi connectivity index (χ0v) is 19.6. The molecule has 0 bridgehead atoms. The summed E-state index contributed by atoms with van der Waals surface area (Å²) in [6.45, 7) is 9.61. The van der Waals surface area contributed by atoms with Crippen molar-refractivity contribution in [3.8, 4) is 0 Å². The van der Waals surface area contributed by atoms with Crippen LogP contribution in [-0.4, -0.2) is 49.2 Å². The first kappa shape index (κ1) is 24.5. The van der Waals surface area contributed by atoms with Gasteiger partial charge in [0.25, 0.3) is 10.0 Å². The van der Waals surface area contributed by atoms with E-state index in [4.69, 9.17) is 9.47 Å². The Hall–Kier alpha value is -2.81. The van der Waals surface area contributed by atoms with Crippen molar-refractivity contribution in [1.82, 2.24) is 9.62 Å². The van der Waals surface area contributed by atoms with E-state index < -0.39 is 33.4 Å². The van der Waals surface area contributed by atoms with Gasteiger partial charge in [-0.2, -0.15) is 4.31 Å². The minimum Gasteiger partial charge on any atom is -0.444 e. The first-order chi connectivity index (χ1) is 14.2. The molecule has 2 aromatic rings. The molecule has 2 rings (SSSR count). The molecule has 9 heteroatoms. The van der Waals surface area contributed by atoms with Gasteiger partial charge in [0, 0.05) is 6.54 Å². The summed E-state index contributed by atoms with van der Waals surface area (Å²) in [6, 6.07) is 11.9. The van der Waals surface area contributed by atoms with Crippen molar-refractivity contribution in [3.63, 3.8) is 0 Å². The largest absolute Gasteiger partial charge is 0.444 e. The van der Waals surface area contributed by atoms with Crippen LogP contribution >= 0.6 is 0 Å². The SMILES string of the molecule is CC(C)(C)OC(=O)NCCN(C(=O)OC(C)(C)C)S(=O)(=O)c1ccc2ccccc2c1. The molecule has 0 atom stereocenters.